The van der Waals surface area contributed by atoms with E-state index in [4.69, 9.17) is 4.99 Å². The highest BCUT2D eigenvalue weighted by Gasteiger charge is 2.35. The second-order valence-corrected chi connectivity index (χ2v) is 11.1. The molecular formula is C29H35F2N5O3. The number of aliphatic imine (C=N–C) groups is 1. The third-order valence-electron chi connectivity index (χ3n) is 6.96. The molecule has 0 spiro atoms. The van der Waals surface area contributed by atoms with Crippen LogP contribution in [0.1, 0.15) is 37.5 Å². The highest BCUT2D eigenvalue weighted by atomic mass is 19.2. The van der Waals surface area contributed by atoms with Crippen molar-refractivity contribution in [1.82, 2.24) is 20.9 Å². The molecule has 2 atom stereocenters. The van der Waals surface area contributed by atoms with Crippen molar-refractivity contribution in [3.05, 3.63) is 70.8 Å². The monoisotopic (exact) mass is 539 g/mol. The van der Waals surface area contributed by atoms with Gasteiger partial charge < -0.3 is 16.0 Å². The molecule has 3 N–H and O–H groups in total. The lowest BCUT2D eigenvalue weighted by Gasteiger charge is -2.32. The van der Waals surface area contributed by atoms with E-state index in [1.165, 1.54) is 6.07 Å². The minimum absolute atomic E-state index is 0.0381. The van der Waals surface area contributed by atoms with E-state index >= 15 is 0 Å². The highest BCUT2D eigenvalue weighted by molar-refractivity contribution is 6.46. The fourth-order valence-electron chi connectivity index (χ4n) is 4.91. The average molecular weight is 540 g/mol. The molecule has 2 unspecified atom stereocenters. The van der Waals surface area contributed by atoms with Crippen LogP contribution >= 0.6 is 0 Å². The average Bonchev–Trinajstić information content (AvgIpc) is 2.88. The van der Waals surface area contributed by atoms with E-state index in [0.29, 0.717) is 56.7 Å². The summed E-state index contributed by atoms with van der Waals surface area (Å²) in [5, 5.41) is 8.56. The van der Waals surface area contributed by atoms with Crippen LogP contribution in [0.15, 0.2) is 47.5 Å². The lowest BCUT2D eigenvalue weighted by molar-refractivity contribution is -0.129. The minimum atomic E-state index is -0.923. The van der Waals surface area contributed by atoms with Gasteiger partial charge in [-0.2, -0.15) is 0 Å². The molecule has 1 fully saturated rings. The number of nitrogens with one attached hydrogen (secondary N) is 3. The molecule has 3 amide bonds. The van der Waals surface area contributed by atoms with Crippen LogP contribution in [0.4, 0.5) is 8.78 Å². The second kappa shape index (κ2) is 12.0. The van der Waals surface area contributed by atoms with Crippen molar-refractivity contribution in [3.63, 3.8) is 0 Å². The number of fused-ring (bicyclic) bond motifs is 1. The van der Waals surface area contributed by atoms with Gasteiger partial charge in [-0.05, 0) is 41.5 Å². The lowest BCUT2D eigenvalue weighted by atomic mass is 9.85. The Hall–Kier alpha value is -3.66. The Morgan fingerprint density at radius 1 is 1.15 bits per heavy atom. The second-order valence-electron chi connectivity index (χ2n) is 11.1. The number of nitrogens with zero attached hydrogens (tertiary/aromatic N) is 2. The number of hydrogen-bond donors (Lipinski definition) is 3. The van der Waals surface area contributed by atoms with E-state index in [1.54, 1.807) is 0 Å². The van der Waals surface area contributed by atoms with Crippen LogP contribution in [0, 0.1) is 17.0 Å². The smallest absolute Gasteiger partial charge is 0.270 e. The number of hydrogen-bond acceptors (Lipinski definition) is 5. The molecular weight excluding hydrogens is 504 g/mol. The molecule has 2 aromatic carbocycles. The number of piperazine rings is 1. The van der Waals surface area contributed by atoms with Crippen molar-refractivity contribution in [3.8, 4) is 0 Å². The maximum Gasteiger partial charge on any atom is 0.270 e. The van der Waals surface area contributed by atoms with Gasteiger partial charge in [-0.3, -0.25) is 24.3 Å². The van der Waals surface area contributed by atoms with Crippen LogP contribution in [0.25, 0.3) is 0 Å². The topological polar surface area (TPSA) is 103 Å². The molecule has 208 valence electrons. The molecule has 0 radical (unpaired) electrons. The lowest BCUT2D eigenvalue weighted by Crippen LogP contribution is -2.56. The first-order valence-electron chi connectivity index (χ1n) is 13.2. The number of benzene rings is 2. The normalized spacial score (nSPS) is 18.4. The molecule has 8 nitrogen and oxygen atoms in total. The van der Waals surface area contributed by atoms with Crippen LogP contribution in [0.5, 0.6) is 0 Å². The molecule has 1 saturated heterocycles. The zero-order valence-electron chi connectivity index (χ0n) is 22.5. The molecule has 0 saturated carbocycles. The predicted molar refractivity (Wildman–Crippen MR) is 144 cm³/mol. The number of carbonyl (C=O) groups is 3. The van der Waals surface area contributed by atoms with Gasteiger partial charge in [0.15, 0.2) is 11.6 Å². The molecule has 2 aromatic rings. The standard InChI is InChI=1S/C29H35F2N5O3/c1-29(2,3)26(28(39)33-11-13-36-12-10-32-24(37)17-36)35-27(38)25-21-7-5-4-6-19(21)16-20(34-25)14-18-8-9-22(30)23(31)15-18/h4-9,15,20,26H,10-14,16-17H2,1-3H3,(H,32,37)(H,33,39)(H,35,38). The summed E-state index contributed by atoms with van der Waals surface area (Å²) < 4.78 is 27.2. The van der Waals surface area contributed by atoms with Gasteiger partial charge in [0.05, 0.1) is 12.6 Å². The Labute approximate surface area is 227 Å². The SMILES string of the molecule is CC(C)(C)C(NC(=O)C1=NC(Cc2ccc(F)c(F)c2)Cc2ccccc21)C(=O)NCCN1CCNC(=O)C1. The molecule has 39 heavy (non-hydrogen) atoms. The van der Waals surface area contributed by atoms with Crippen LogP contribution < -0.4 is 16.0 Å². The van der Waals surface area contributed by atoms with Crippen molar-refractivity contribution < 1.29 is 23.2 Å². The molecule has 2 heterocycles. The Morgan fingerprint density at radius 2 is 1.92 bits per heavy atom. The Kier molecular flexibility index (Phi) is 8.74. The zero-order valence-corrected chi connectivity index (χ0v) is 22.5. The van der Waals surface area contributed by atoms with E-state index in [2.05, 4.69) is 16.0 Å². The van der Waals surface area contributed by atoms with Crippen LogP contribution in [0.3, 0.4) is 0 Å². The van der Waals surface area contributed by atoms with E-state index in [9.17, 15) is 23.2 Å². The van der Waals surface area contributed by atoms with Gasteiger partial charge in [-0.25, -0.2) is 8.78 Å². The summed E-state index contributed by atoms with van der Waals surface area (Å²) in [6, 6.07) is 10.0. The molecule has 0 bridgehead atoms. The largest absolute Gasteiger partial charge is 0.354 e. The van der Waals surface area contributed by atoms with E-state index in [-0.39, 0.29) is 23.6 Å². The van der Waals surface area contributed by atoms with Crippen LogP contribution in [-0.4, -0.2) is 73.1 Å². The van der Waals surface area contributed by atoms with Gasteiger partial charge in [0.25, 0.3) is 5.91 Å². The fraction of sp³-hybridized carbons (Fsp3) is 0.448. The van der Waals surface area contributed by atoms with Crippen molar-refractivity contribution in [1.29, 1.82) is 0 Å². The maximum atomic E-state index is 13.8. The molecule has 4 rings (SSSR count). The number of amides is 3. The number of rotatable bonds is 8. The first kappa shape index (κ1) is 28.4. The Balaban J connectivity index is 1.48. The van der Waals surface area contributed by atoms with Crippen molar-refractivity contribution in [2.75, 3.05) is 32.7 Å². The van der Waals surface area contributed by atoms with Crippen LogP contribution in [-0.2, 0) is 27.2 Å². The summed E-state index contributed by atoms with van der Waals surface area (Å²) in [4.78, 5) is 45.1. The maximum absolute atomic E-state index is 13.8. The molecule has 2 aliphatic rings. The molecule has 0 aliphatic carbocycles. The van der Waals surface area contributed by atoms with Gasteiger partial charge in [0, 0.05) is 31.7 Å². The van der Waals surface area contributed by atoms with Gasteiger partial charge in [-0.15, -0.1) is 0 Å². The van der Waals surface area contributed by atoms with Crippen molar-refractivity contribution in [2.24, 2.45) is 10.4 Å². The first-order chi connectivity index (χ1) is 18.5. The molecule has 10 heteroatoms. The summed E-state index contributed by atoms with van der Waals surface area (Å²) in [6.45, 7) is 8.06. The summed E-state index contributed by atoms with van der Waals surface area (Å²) in [5.41, 5.74) is 1.82. The Morgan fingerprint density at radius 3 is 2.64 bits per heavy atom. The fourth-order valence-corrected chi connectivity index (χ4v) is 4.91. The quantitative estimate of drug-likeness (QED) is 0.478. The van der Waals surface area contributed by atoms with Crippen molar-refractivity contribution >= 4 is 23.4 Å². The van der Waals surface area contributed by atoms with Crippen molar-refractivity contribution in [2.45, 2.75) is 45.7 Å². The van der Waals surface area contributed by atoms with Gasteiger partial charge >= 0.3 is 0 Å². The number of halogens is 2. The van der Waals surface area contributed by atoms with E-state index < -0.39 is 29.0 Å². The summed E-state index contributed by atoms with van der Waals surface area (Å²) in [6.07, 6.45) is 0.879. The van der Waals surface area contributed by atoms with Gasteiger partial charge in [0.2, 0.25) is 11.8 Å². The van der Waals surface area contributed by atoms with Gasteiger partial charge in [-0.1, -0.05) is 51.1 Å². The van der Waals surface area contributed by atoms with Gasteiger partial charge in [0.1, 0.15) is 11.8 Å². The third kappa shape index (κ3) is 7.26. The summed E-state index contributed by atoms with van der Waals surface area (Å²) in [7, 11) is 0. The van der Waals surface area contributed by atoms with Crippen LogP contribution in [0.2, 0.25) is 0 Å². The molecule has 0 aromatic heterocycles. The first-order valence-corrected chi connectivity index (χ1v) is 13.2. The number of carbonyl (C=O) groups excluding carboxylic acids is 3. The Bertz CT molecular complexity index is 1270. The van der Waals surface area contributed by atoms with E-state index in [0.717, 1.165) is 17.7 Å². The zero-order chi connectivity index (χ0) is 28.2. The predicted octanol–water partition coefficient (Wildman–Crippen LogP) is 2.00. The summed E-state index contributed by atoms with van der Waals surface area (Å²) in [5.74, 6) is -2.66. The van der Waals surface area contributed by atoms with E-state index in [1.807, 2.05) is 49.9 Å². The highest BCUT2D eigenvalue weighted by Crippen LogP contribution is 2.24. The third-order valence-corrected chi connectivity index (χ3v) is 6.96. The summed E-state index contributed by atoms with van der Waals surface area (Å²) >= 11 is 0. The molecule has 2 aliphatic heterocycles. The minimum Gasteiger partial charge on any atom is -0.354 e.